The van der Waals surface area contributed by atoms with E-state index in [-0.39, 0.29) is 5.56 Å². The summed E-state index contributed by atoms with van der Waals surface area (Å²) in [4.78, 5) is 32.7. The molecule has 1 aromatic heterocycles. The highest BCUT2D eigenvalue weighted by Gasteiger charge is 2.29. The average Bonchev–Trinajstić information content (AvgIpc) is 2.70. The van der Waals surface area contributed by atoms with Crippen LogP contribution in [-0.2, 0) is 11.2 Å². The normalized spacial score (nSPS) is 14.7. The molecule has 0 unspecified atom stereocenters. The fraction of sp³-hybridized carbons (Fsp3) is 0.500. The number of ether oxygens (including phenoxy) is 2. The SMILES string of the molecule is CCc1cc2cc(F)c(C(=O)N3CCN(C(=O)OC(C)(C)C)CC3)cc2nc1OC. The highest BCUT2D eigenvalue weighted by Crippen LogP contribution is 2.26. The Kier molecular flexibility index (Phi) is 6.14. The minimum Gasteiger partial charge on any atom is -0.481 e. The Morgan fingerprint density at radius 3 is 2.30 bits per heavy atom. The van der Waals surface area contributed by atoms with Crippen molar-refractivity contribution in [3.63, 3.8) is 0 Å². The van der Waals surface area contributed by atoms with Crippen LogP contribution in [0, 0.1) is 5.82 Å². The number of carbonyl (C=O) groups is 2. The van der Waals surface area contributed by atoms with E-state index in [1.54, 1.807) is 30.6 Å². The van der Waals surface area contributed by atoms with E-state index in [9.17, 15) is 14.0 Å². The summed E-state index contributed by atoms with van der Waals surface area (Å²) >= 11 is 0. The van der Waals surface area contributed by atoms with Crippen LogP contribution in [0.15, 0.2) is 18.2 Å². The Morgan fingerprint density at radius 2 is 1.73 bits per heavy atom. The van der Waals surface area contributed by atoms with Crippen LogP contribution in [0.2, 0.25) is 0 Å². The zero-order valence-corrected chi connectivity index (χ0v) is 18.1. The molecule has 1 fully saturated rings. The molecule has 1 saturated heterocycles. The van der Waals surface area contributed by atoms with Gasteiger partial charge in [0.05, 0.1) is 18.2 Å². The summed E-state index contributed by atoms with van der Waals surface area (Å²) in [6.45, 7) is 8.67. The van der Waals surface area contributed by atoms with Gasteiger partial charge in [-0.2, -0.15) is 0 Å². The van der Waals surface area contributed by atoms with Crippen molar-refractivity contribution in [2.24, 2.45) is 0 Å². The predicted molar refractivity (Wildman–Crippen MR) is 111 cm³/mol. The molecule has 0 atom stereocenters. The second-order valence-electron chi connectivity index (χ2n) is 8.29. The fourth-order valence-corrected chi connectivity index (χ4v) is 3.40. The number of aryl methyl sites for hydroxylation is 1. The lowest BCUT2D eigenvalue weighted by Gasteiger charge is -2.35. The topological polar surface area (TPSA) is 72.0 Å². The first-order valence-electron chi connectivity index (χ1n) is 10.1. The molecule has 2 amide bonds. The third kappa shape index (κ3) is 4.63. The summed E-state index contributed by atoms with van der Waals surface area (Å²) in [5, 5.41) is 0.622. The molecule has 162 valence electrons. The van der Waals surface area contributed by atoms with E-state index in [1.165, 1.54) is 19.2 Å². The maximum absolute atomic E-state index is 14.7. The van der Waals surface area contributed by atoms with Crippen molar-refractivity contribution in [1.82, 2.24) is 14.8 Å². The number of nitrogens with zero attached hydrogens (tertiary/aromatic N) is 3. The molecule has 0 aliphatic carbocycles. The van der Waals surface area contributed by atoms with Crippen LogP contribution in [0.4, 0.5) is 9.18 Å². The molecule has 1 aromatic carbocycles. The van der Waals surface area contributed by atoms with Gasteiger partial charge in [0, 0.05) is 37.1 Å². The standard InChI is InChI=1S/C22H28FN3O4/c1-6-14-11-15-12-17(23)16(13-18(15)24-19(14)29-5)20(27)25-7-9-26(10-8-25)21(28)30-22(2,3)4/h11-13H,6-10H2,1-5H3. The molecule has 8 heteroatoms. The van der Waals surface area contributed by atoms with Crippen molar-refractivity contribution in [1.29, 1.82) is 0 Å². The van der Waals surface area contributed by atoms with Crippen molar-refractivity contribution in [2.45, 2.75) is 39.7 Å². The number of hydrogen-bond donors (Lipinski definition) is 0. The van der Waals surface area contributed by atoms with E-state index in [4.69, 9.17) is 9.47 Å². The summed E-state index contributed by atoms with van der Waals surface area (Å²) in [5.41, 5.74) is 0.763. The molecule has 0 bridgehead atoms. The molecule has 1 aliphatic rings. The summed E-state index contributed by atoms with van der Waals surface area (Å²) in [6.07, 6.45) is 0.297. The van der Waals surface area contributed by atoms with Gasteiger partial charge in [-0.15, -0.1) is 0 Å². The second-order valence-corrected chi connectivity index (χ2v) is 8.29. The number of pyridine rings is 1. The summed E-state index contributed by atoms with van der Waals surface area (Å²) in [7, 11) is 1.53. The number of amides is 2. The third-order valence-electron chi connectivity index (χ3n) is 4.97. The molecular formula is C22H28FN3O4. The largest absolute Gasteiger partial charge is 0.481 e. The average molecular weight is 417 g/mol. The molecular weight excluding hydrogens is 389 g/mol. The Balaban J connectivity index is 1.77. The number of methoxy groups -OCH3 is 1. The van der Waals surface area contributed by atoms with Crippen molar-refractivity contribution < 1.29 is 23.5 Å². The Hall–Kier alpha value is -2.90. The number of benzene rings is 1. The predicted octanol–water partition coefficient (Wildman–Crippen LogP) is 3.64. The van der Waals surface area contributed by atoms with Gasteiger partial charge in [-0.3, -0.25) is 4.79 Å². The molecule has 7 nitrogen and oxygen atoms in total. The number of carbonyl (C=O) groups excluding carboxylic acids is 2. The van der Waals surface area contributed by atoms with Crippen LogP contribution < -0.4 is 4.74 Å². The van der Waals surface area contributed by atoms with E-state index < -0.39 is 23.4 Å². The Bertz CT molecular complexity index is 963. The van der Waals surface area contributed by atoms with Gasteiger partial charge in [0.15, 0.2) is 0 Å². The molecule has 0 radical (unpaired) electrons. The maximum Gasteiger partial charge on any atom is 0.410 e. The van der Waals surface area contributed by atoms with Crippen LogP contribution >= 0.6 is 0 Å². The van der Waals surface area contributed by atoms with Crippen molar-refractivity contribution in [3.8, 4) is 5.88 Å². The van der Waals surface area contributed by atoms with Gasteiger partial charge >= 0.3 is 6.09 Å². The zero-order valence-electron chi connectivity index (χ0n) is 18.1. The van der Waals surface area contributed by atoms with Crippen molar-refractivity contribution in [2.75, 3.05) is 33.3 Å². The number of hydrogen-bond acceptors (Lipinski definition) is 5. The highest BCUT2D eigenvalue weighted by molar-refractivity contribution is 5.98. The molecule has 30 heavy (non-hydrogen) atoms. The maximum atomic E-state index is 14.7. The van der Waals surface area contributed by atoms with Crippen LogP contribution in [0.5, 0.6) is 5.88 Å². The fourth-order valence-electron chi connectivity index (χ4n) is 3.40. The van der Waals surface area contributed by atoms with Gasteiger partial charge in [0.2, 0.25) is 5.88 Å². The number of aromatic nitrogens is 1. The van der Waals surface area contributed by atoms with Gasteiger partial charge in [-0.05, 0) is 45.4 Å². The van der Waals surface area contributed by atoms with Crippen LogP contribution in [0.3, 0.4) is 0 Å². The lowest BCUT2D eigenvalue weighted by Crippen LogP contribution is -2.51. The molecule has 2 heterocycles. The monoisotopic (exact) mass is 417 g/mol. The smallest absolute Gasteiger partial charge is 0.410 e. The first-order valence-corrected chi connectivity index (χ1v) is 10.1. The van der Waals surface area contributed by atoms with Gasteiger partial charge in [-0.25, -0.2) is 14.2 Å². The quantitative estimate of drug-likeness (QED) is 0.763. The van der Waals surface area contributed by atoms with Crippen LogP contribution in [0.1, 0.15) is 43.6 Å². The first kappa shape index (κ1) is 21.8. The minimum atomic E-state index is -0.587. The van der Waals surface area contributed by atoms with Gasteiger partial charge in [-0.1, -0.05) is 6.92 Å². The lowest BCUT2D eigenvalue weighted by molar-refractivity contribution is 0.0140. The van der Waals surface area contributed by atoms with Crippen LogP contribution in [-0.4, -0.2) is 65.7 Å². The number of rotatable bonds is 3. The molecule has 1 aliphatic heterocycles. The van der Waals surface area contributed by atoms with Gasteiger partial charge in [0.1, 0.15) is 11.4 Å². The van der Waals surface area contributed by atoms with E-state index >= 15 is 0 Å². The summed E-state index contributed by atoms with van der Waals surface area (Å²) in [6, 6.07) is 4.64. The van der Waals surface area contributed by atoms with Gasteiger partial charge < -0.3 is 19.3 Å². The van der Waals surface area contributed by atoms with Gasteiger partial charge in [0.25, 0.3) is 5.91 Å². The molecule has 3 rings (SSSR count). The molecule has 2 aromatic rings. The highest BCUT2D eigenvalue weighted by atomic mass is 19.1. The van der Waals surface area contributed by atoms with E-state index in [1.807, 2.05) is 13.0 Å². The number of piperazine rings is 1. The molecule has 0 spiro atoms. The lowest BCUT2D eigenvalue weighted by atomic mass is 10.1. The van der Waals surface area contributed by atoms with Crippen molar-refractivity contribution >= 4 is 22.9 Å². The summed E-state index contributed by atoms with van der Waals surface area (Å²) < 4.78 is 25.4. The Labute approximate surface area is 175 Å². The second kappa shape index (κ2) is 8.45. The first-order chi connectivity index (χ1) is 14.1. The number of fused-ring (bicyclic) bond motifs is 1. The third-order valence-corrected chi connectivity index (χ3v) is 4.97. The zero-order chi connectivity index (χ0) is 22.1. The molecule has 0 saturated carbocycles. The Morgan fingerprint density at radius 1 is 1.10 bits per heavy atom. The summed E-state index contributed by atoms with van der Waals surface area (Å²) in [5.74, 6) is -0.532. The van der Waals surface area contributed by atoms with E-state index in [0.717, 1.165) is 5.56 Å². The van der Waals surface area contributed by atoms with Crippen molar-refractivity contribution in [3.05, 3.63) is 35.1 Å². The minimum absolute atomic E-state index is 0.0352. The van der Waals surface area contributed by atoms with E-state index in [0.29, 0.717) is 49.4 Å². The molecule has 0 N–H and O–H groups in total. The van der Waals surface area contributed by atoms with E-state index in [2.05, 4.69) is 4.98 Å². The van der Waals surface area contributed by atoms with Crippen LogP contribution in [0.25, 0.3) is 10.9 Å². The number of halogens is 1.